The van der Waals surface area contributed by atoms with Crippen molar-refractivity contribution in [3.8, 4) is 28.2 Å². The first kappa shape index (κ1) is 17.3. The molecule has 0 saturated carbocycles. The SMILES string of the molecule is CCc1ccc(-c2ccc(-c3cccc(-n4c(C)ccc4C)n3)cc2)cc1. The topological polar surface area (TPSA) is 17.8 Å². The lowest BCUT2D eigenvalue weighted by Crippen LogP contribution is -2.02. The van der Waals surface area contributed by atoms with Crippen LogP contribution in [0.3, 0.4) is 0 Å². The van der Waals surface area contributed by atoms with E-state index in [4.69, 9.17) is 4.98 Å². The lowest BCUT2D eigenvalue weighted by atomic mass is 10.0. The summed E-state index contributed by atoms with van der Waals surface area (Å²) >= 11 is 0. The first-order valence-electron chi connectivity index (χ1n) is 9.48. The number of benzene rings is 2. The highest BCUT2D eigenvalue weighted by Crippen LogP contribution is 2.25. The molecule has 0 atom stereocenters. The van der Waals surface area contributed by atoms with E-state index in [1.807, 2.05) is 0 Å². The smallest absolute Gasteiger partial charge is 0.137 e. The first-order chi connectivity index (χ1) is 13.2. The number of pyridine rings is 1. The molecule has 0 saturated heterocycles. The van der Waals surface area contributed by atoms with Crippen molar-refractivity contribution < 1.29 is 0 Å². The second-order valence-electron chi connectivity index (χ2n) is 6.96. The van der Waals surface area contributed by atoms with Crippen LogP contribution in [0.5, 0.6) is 0 Å². The van der Waals surface area contributed by atoms with Crippen LogP contribution in [-0.4, -0.2) is 9.55 Å². The molecular formula is C25H24N2. The van der Waals surface area contributed by atoms with E-state index in [9.17, 15) is 0 Å². The zero-order valence-electron chi connectivity index (χ0n) is 16.1. The summed E-state index contributed by atoms with van der Waals surface area (Å²) in [5.74, 6) is 0.965. The van der Waals surface area contributed by atoms with Gasteiger partial charge in [-0.15, -0.1) is 0 Å². The molecule has 2 heterocycles. The van der Waals surface area contributed by atoms with Crippen molar-refractivity contribution in [1.29, 1.82) is 0 Å². The summed E-state index contributed by atoms with van der Waals surface area (Å²) < 4.78 is 2.19. The van der Waals surface area contributed by atoms with Crippen molar-refractivity contribution in [2.75, 3.05) is 0 Å². The molecule has 0 bridgehead atoms. The highest BCUT2D eigenvalue weighted by atomic mass is 15.1. The van der Waals surface area contributed by atoms with Gasteiger partial charge < -0.3 is 4.57 Å². The summed E-state index contributed by atoms with van der Waals surface area (Å²) in [6.45, 7) is 6.40. The predicted molar refractivity (Wildman–Crippen MR) is 113 cm³/mol. The fourth-order valence-electron chi connectivity index (χ4n) is 3.50. The minimum absolute atomic E-state index is 0.965. The summed E-state index contributed by atoms with van der Waals surface area (Å²) in [7, 11) is 0. The quantitative estimate of drug-likeness (QED) is 0.416. The molecule has 2 heteroatoms. The molecule has 4 aromatic rings. The Labute approximate surface area is 161 Å². The van der Waals surface area contributed by atoms with Gasteiger partial charge in [-0.3, -0.25) is 0 Å². The third-order valence-electron chi connectivity index (χ3n) is 5.11. The average molecular weight is 352 g/mol. The van der Waals surface area contributed by atoms with Crippen molar-refractivity contribution in [2.45, 2.75) is 27.2 Å². The number of nitrogens with zero attached hydrogens (tertiary/aromatic N) is 2. The van der Waals surface area contributed by atoms with Crippen LogP contribution in [-0.2, 0) is 6.42 Å². The van der Waals surface area contributed by atoms with Gasteiger partial charge in [0.05, 0.1) is 5.69 Å². The summed E-state index contributed by atoms with van der Waals surface area (Å²) in [6, 6.07) is 27.9. The Balaban J connectivity index is 1.65. The van der Waals surface area contributed by atoms with E-state index < -0.39 is 0 Å². The monoisotopic (exact) mass is 352 g/mol. The zero-order valence-corrected chi connectivity index (χ0v) is 16.1. The van der Waals surface area contributed by atoms with Gasteiger partial charge in [0.15, 0.2) is 0 Å². The number of hydrogen-bond donors (Lipinski definition) is 0. The van der Waals surface area contributed by atoms with Crippen molar-refractivity contribution in [3.63, 3.8) is 0 Å². The molecule has 0 spiro atoms. The molecule has 0 N–H and O–H groups in total. The molecule has 0 amide bonds. The Kier molecular flexibility index (Phi) is 4.64. The summed E-state index contributed by atoms with van der Waals surface area (Å²) in [5.41, 5.74) is 8.37. The second-order valence-corrected chi connectivity index (χ2v) is 6.96. The standard InChI is InChI=1S/C25H24N2/c1-4-20-10-12-21(13-11-20)22-14-16-23(17-15-22)24-6-5-7-25(26-24)27-18(2)8-9-19(27)3/h5-17H,4H2,1-3H3. The Bertz CT molecular complexity index is 1030. The predicted octanol–water partition coefficient (Wildman–Crippen LogP) is 6.39. The van der Waals surface area contributed by atoms with Gasteiger partial charge in [-0.2, -0.15) is 0 Å². The third kappa shape index (κ3) is 3.43. The van der Waals surface area contributed by atoms with Crippen LogP contribution in [0.4, 0.5) is 0 Å². The van der Waals surface area contributed by atoms with E-state index in [0.29, 0.717) is 0 Å². The van der Waals surface area contributed by atoms with Gasteiger partial charge in [0.25, 0.3) is 0 Å². The molecule has 0 aliphatic carbocycles. The third-order valence-corrected chi connectivity index (χ3v) is 5.11. The fourth-order valence-corrected chi connectivity index (χ4v) is 3.50. The molecular weight excluding hydrogens is 328 g/mol. The Morgan fingerprint density at radius 3 is 1.81 bits per heavy atom. The van der Waals surface area contributed by atoms with Gasteiger partial charge in [-0.05, 0) is 61.2 Å². The fraction of sp³-hybridized carbons (Fsp3) is 0.160. The average Bonchev–Trinajstić information content (AvgIpc) is 3.06. The van der Waals surface area contributed by atoms with Crippen LogP contribution in [0.2, 0.25) is 0 Å². The van der Waals surface area contributed by atoms with Crippen LogP contribution >= 0.6 is 0 Å². The molecule has 134 valence electrons. The molecule has 0 fully saturated rings. The van der Waals surface area contributed by atoms with Crippen LogP contribution in [0, 0.1) is 13.8 Å². The molecule has 0 aliphatic rings. The molecule has 0 aliphatic heterocycles. The lowest BCUT2D eigenvalue weighted by molar-refractivity contribution is 0.924. The number of hydrogen-bond acceptors (Lipinski definition) is 1. The maximum absolute atomic E-state index is 4.90. The molecule has 2 aromatic carbocycles. The van der Waals surface area contributed by atoms with Crippen LogP contribution < -0.4 is 0 Å². The van der Waals surface area contributed by atoms with E-state index in [-0.39, 0.29) is 0 Å². The minimum atomic E-state index is 0.965. The Morgan fingerprint density at radius 1 is 0.667 bits per heavy atom. The van der Waals surface area contributed by atoms with Gasteiger partial charge in [0, 0.05) is 17.0 Å². The van der Waals surface area contributed by atoms with Crippen LogP contribution in [0.1, 0.15) is 23.9 Å². The van der Waals surface area contributed by atoms with Crippen molar-refractivity contribution in [3.05, 3.63) is 95.8 Å². The molecule has 0 radical (unpaired) electrons. The molecule has 0 unspecified atom stereocenters. The largest absolute Gasteiger partial charge is 0.303 e. The molecule has 2 nitrogen and oxygen atoms in total. The summed E-state index contributed by atoms with van der Waals surface area (Å²) in [4.78, 5) is 4.90. The molecule has 27 heavy (non-hydrogen) atoms. The zero-order chi connectivity index (χ0) is 18.8. The van der Waals surface area contributed by atoms with Gasteiger partial charge >= 0.3 is 0 Å². The summed E-state index contributed by atoms with van der Waals surface area (Å²) in [5, 5.41) is 0. The maximum Gasteiger partial charge on any atom is 0.137 e. The number of rotatable bonds is 4. The minimum Gasteiger partial charge on any atom is -0.303 e. The highest BCUT2D eigenvalue weighted by Gasteiger charge is 2.07. The van der Waals surface area contributed by atoms with E-state index in [1.54, 1.807) is 0 Å². The molecule has 4 rings (SSSR count). The van der Waals surface area contributed by atoms with Crippen LogP contribution in [0.15, 0.2) is 78.9 Å². The highest BCUT2D eigenvalue weighted by molar-refractivity contribution is 5.69. The van der Waals surface area contributed by atoms with Gasteiger partial charge in [0.2, 0.25) is 0 Å². The van der Waals surface area contributed by atoms with E-state index in [2.05, 4.69) is 104 Å². The normalized spacial score (nSPS) is 10.9. The van der Waals surface area contributed by atoms with E-state index in [0.717, 1.165) is 23.5 Å². The van der Waals surface area contributed by atoms with Crippen molar-refractivity contribution in [1.82, 2.24) is 9.55 Å². The van der Waals surface area contributed by atoms with Crippen LogP contribution in [0.25, 0.3) is 28.2 Å². The van der Waals surface area contributed by atoms with Gasteiger partial charge in [-0.25, -0.2) is 4.98 Å². The summed E-state index contributed by atoms with van der Waals surface area (Å²) in [6.07, 6.45) is 1.07. The van der Waals surface area contributed by atoms with E-state index >= 15 is 0 Å². The van der Waals surface area contributed by atoms with Gasteiger partial charge in [-0.1, -0.05) is 61.5 Å². The maximum atomic E-state index is 4.90. The first-order valence-corrected chi connectivity index (χ1v) is 9.48. The molecule has 2 aromatic heterocycles. The number of aryl methyl sites for hydroxylation is 3. The lowest BCUT2D eigenvalue weighted by Gasteiger charge is -2.11. The van der Waals surface area contributed by atoms with Crippen molar-refractivity contribution >= 4 is 0 Å². The van der Waals surface area contributed by atoms with E-state index in [1.165, 1.54) is 28.1 Å². The Hall–Kier alpha value is -3.13. The number of aromatic nitrogens is 2. The van der Waals surface area contributed by atoms with Gasteiger partial charge in [0.1, 0.15) is 5.82 Å². The Morgan fingerprint density at radius 2 is 1.22 bits per heavy atom. The second kappa shape index (κ2) is 7.24. The van der Waals surface area contributed by atoms with Crippen molar-refractivity contribution in [2.24, 2.45) is 0 Å².